The molecule has 6 atom stereocenters. The predicted molar refractivity (Wildman–Crippen MR) is 224 cm³/mol. The second-order valence-electron chi connectivity index (χ2n) is 14.3. The third-order valence-electron chi connectivity index (χ3n) is 9.05. The van der Waals surface area contributed by atoms with E-state index in [2.05, 4.69) is 62.5 Å². The third-order valence-corrected chi connectivity index (χ3v) is 9.80. The molecule has 6 unspecified atom stereocenters. The Morgan fingerprint density at radius 3 is 1.72 bits per heavy atom. The molecule has 1 aliphatic rings. The van der Waals surface area contributed by atoms with Gasteiger partial charge >= 0.3 is 11.9 Å². The summed E-state index contributed by atoms with van der Waals surface area (Å²) >= 11 is 0. The number of allylic oxidation sites excluding steroid dienone is 11. The van der Waals surface area contributed by atoms with Gasteiger partial charge < -0.3 is 34.3 Å². The van der Waals surface area contributed by atoms with Crippen molar-refractivity contribution in [1.29, 1.82) is 0 Å². The first-order valence-corrected chi connectivity index (χ1v) is 22.6. The van der Waals surface area contributed by atoms with E-state index in [0.29, 0.717) is 12.8 Å². The fourth-order valence-electron chi connectivity index (χ4n) is 5.80. The van der Waals surface area contributed by atoms with Crippen molar-refractivity contribution >= 4 is 22.1 Å². The van der Waals surface area contributed by atoms with E-state index in [1.165, 1.54) is 32.1 Å². The number of hydrogen-bond donors (Lipinski definition) is 4. The van der Waals surface area contributed by atoms with Crippen LogP contribution in [0.25, 0.3) is 0 Å². The van der Waals surface area contributed by atoms with Crippen LogP contribution in [-0.4, -0.2) is 96.0 Å². The van der Waals surface area contributed by atoms with Gasteiger partial charge in [0.2, 0.25) is 0 Å². The minimum absolute atomic E-state index is 0.0727. The van der Waals surface area contributed by atoms with E-state index >= 15 is 0 Å². The third kappa shape index (κ3) is 29.0. The summed E-state index contributed by atoms with van der Waals surface area (Å²) in [6.45, 7) is 3.52. The lowest BCUT2D eigenvalue weighted by Gasteiger charge is -2.40. The molecule has 1 rings (SSSR count). The summed E-state index contributed by atoms with van der Waals surface area (Å²) in [5.41, 5.74) is 0. The highest BCUT2D eigenvalue weighted by molar-refractivity contribution is 7.85. The average Bonchev–Trinajstić information content (AvgIpc) is 3.17. The van der Waals surface area contributed by atoms with Gasteiger partial charge in [-0.25, -0.2) is 0 Å². The van der Waals surface area contributed by atoms with Crippen LogP contribution in [-0.2, 0) is 38.7 Å². The highest BCUT2D eigenvalue weighted by Crippen LogP contribution is 2.23. The van der Waals surface area contributed by atoms with Crippen molar-refractivity contribution in [2.45, 2.75) is 173 Å². The van der Waals surface area contributed by atoms with Crippen molar-refractivity contribution in [2.24, 2.45) is 0 Å². The molecule has 1 heterocycles. The molecule has 0 aromatic heterocycles. The molecule has 1 saturated heterocycles. The number of aliphatic hydroxyl groups is 3. The number of hydrogen-bond acceptors (Lipinski definition) is 11. The Balaban J connectivity index is 2.57. The molecule has 1 aliphatic heterocycles. The van der Waals surface area contributed by atoms with Crippen molar-refractivity contribution in [2.75, 3.05) is 19.0 Å². The Hall–Kier alpha value is -2.91. The van der Waals surface area contributed by atoms with Gasteiger partial charge in [-0.3, -0.25) is 14.1 Å². The van der Waals surface area contributed by atoms with E-state index in [-0.39, 0.29) is 19.4 Å². The number of carbonyl (C=O) groups is 2. The minimum Gasteiger partial charge on any atom is -0.462 e. The highest BCUT2D eigenvalue weighted by atomic mass is 32.2. The Kier molecular flexibility index (Phi) is 31.1. The molecule has 0 radical (unpaired) electrons. The molecule has 0 spiro atoms. The zero-order valence-corrected chi connectivity index (χ0v) is 35.2. The molecule has 0 saturated carbocycles. The summed E-state index contributed by atoms with van der Waals surface area (Å²) in [7, 11) is -4.62. The van der Waals surface area contributed by atoms with Gasteiger partial charge in [0.05, 0.1) is 13.0 Å². The highest BCUT2D eigenvalue weighted by Gasteiger charge is 2.46. The van der Waals surface area contributed by atoms with Crippen molar-refractivity contribution in [1.82, 2.24) is 0 Å². The Morgan fingerprint density at radius 2 is 1.16 bits per heavy atom. The number of carbonyl (C=O) groups excluding carboxylic acids is 2. The zero-order chi connectivity index (χ0) is 42.0. The van der Waals surface area contributed by atoms with Crippen molar-refractivity contribution in [3.05, 3.63) is 72.9 Å². The van der Waals surface area contributed by atoms with Crippen LogP contribution in [0.1, 0.15) is 136 Å². The van der Waals surface area contributed by atoms with E-state index in [0.717, 1.165) is 64.2 Å². The summed E-state index contributed by atoms with van der Waals surface area (Å²) < 4.78 is 53.8. The Morgan fingerprint density at radius 1 is 0.632 bits per heavy atom. The fourth-order valence-corrected chi connectivity index (χ4v) is 6.49. The number of aliphatic hydroxyl groups excluding tert-OH is 3. The average molecular weight is 825 g/mol. The largest absolute Gasteiger partial charge is 0.462 e. The molecule has 57 heavy (non-hydrogen) atoms. The summed E-state index contributed by atoms with van der Waals surface area (Å²) in [6, 6.07) is 0. The molecule has 1 fully saturated rings. The molecule has 326 valence electrons. The van der Waals surface area contributed by atoms with E-state index in [1.54, 1.807) is 6.08 Å². The fraction of sp³-hybridized carbons (Fsp3) is 0.682. The van der Waals surface area contributed by atoms with Gasteiger partial charge in [0.25, 0.3) is 10.1 Å². The lowest BCUT2D eigenvalue weighted by molar-refractivity contribution is -0.297. The summed E-state index contributed by atoms with van der Waals surface area (Å²) in [5.74, 6) is -2.17. The molecule has 0 amide bonds. The van der Waals surface area contributed by atoms with Gasteiger partial charge in [-0.15, -0.1) is 0 Å². The van der Waals surface area contributed by atoms with Crippen LogP contribution in [0, 0.1) is 0 Å². The van der Waals surface area contributed by atoms with Crippen LogP contribution in [0.5, 0.6) is 0 Å². The molecule has 4 N–H and O–H groups in total. The van der Waals surface area contributed by atoms with Crippen molar-refractivity contribution < 1.29 is 56.8 Å². The van der Waals surface area contributed by atoms with Crippen LogP contribution in [0.15, 0.2) is 72.9 Å². The summed E-state index contributed by atoms with van der Waals surface area (Å²) in [5, 5.41) is 30.8. The molecule has 0 aromatic rings. The van der Waals surface area contributed by atoms with E-state index < -0.39 is 71.2 Å². The first-order valence-electron chi connectivity index (χ1n) is 21.0. The van der Waals surface area contributed by atoms with Crippen LogP contribution in [0.3, 0.4) is 0 Å². The van der Waals surface area contributed by atoms with Gasteiger partial charge in [-0.2, -0.15) is 8.42 Å². The van der Waals surface area contributed by atoms with Crippen LogP contribution >= 0.6 is 0 Å². The number of unbranched alkanes of at least 4 members (excludes halogenated alkanes) is 10. The van der Waals surface area contributed by atoms with E-state index in [4.69, 9.17) is 18.9 Å². The van der Waals surface area contributed by atoms with Crippen LogP contribution in [0.2, 0.25) is 0 Å². The van der Waals surface area contributed by atoms with Crippen molar-refractivity contribution in [3.8, 4) is 0 Å². The zero-order valence-electron chi connectivity index (χ0n) is 34.4. The minimum atomic E-state index is -4.62. The quantitative estimate of drug-likeness (QED) is 0.0217. The number of ether oxygens (including phenoxy) is 4. The van der Waals surface area contributed by atoms with Gasteiger partial charge in [0.1, 0.15) is 36.8 Å². The molecule has 0 bridgehead atoms. The second-order valence-corrected chi connectivity index (χ2v) is 15.8. The smallest absolute Gasteiger partial charge is 0.310 e. The maximum atomic E-state index is 12.7. The van der Waals surface area contributed by atoms with Gasteiger partial charge in [0.15, 0.2) is 12.4 Å². The molecule has 12 nitrogen and oxygen atoms in total. The second kappa shape index (κ2) is 34.0. The van der Waals surface area contributed by atoms with E-state index in [9.17, 15) is 37.9 Å². The maximum absolute atomic E-state index is 12.7. The predicted octanol–water partition coefficient (Wildman–Crippen LogP) is 7.94. The lowest BCUT2D eigenvalue weighted by atomic mass is 10.00. The van der Waals surface area contributed by atoms with Crippen LogP contribution in [0.4, 0.5) is 0 Å². The monoisotopic (exact) mass is 824 g/mol. The molecular formula is C44H72O12S. The van der Waals surface area contributed by atoms with Crippen LogP contribution < -0.4 is 0 Å². The topological polar surface area (TPSA) is 186 Å². The summed E-state index contributed by atoms with van der Waals surface area (Å²) in [6.07, 6.45) is 32.7. The standard InChI is InChI=1S/C44H72O12S/c1-3-5-7-9-11-13-15-17-19-21-23-25-27-29-31-33-40(46)55-37(35-54-44-43(49)42(48)41(47)38(56-44)36-57(50,51)52)34-53-39(45)32-30-28-26-24-22-20-18-16-14-12-10-8-6-4-2/h5,7,11,13,16-19,23,25,29,31,37-38,41-44,47-49H,3-4,6,8-10,12,14-15,20-22,24,26-28,30,32-36H2,1-2H3,(H,50,51,52)/b7-5-,13-11-,18-16-,19-17-,25-23-,31-29-. The Labute approximate surface area is 342 Å². The molecular weight excluding hydrogens is 753 g/mol. The summed E-state index contributed by atoms with van der Waals surface area (Å²) in [4.78, 5) is 25.3. The first-order chi connectivity index (χ1) is 27.5. The normalized spacial score (nSPS) is 21.3. The molecule has 13 heteroatoms. The lowest BCUT2D eigenvalue weighted by Crippen LogP contribution is -2.60. The first kappa shape index (κ1) is 52.1. The number of rotatable bonds is 33. The van der Waals surface area contributed by atoms with Gasteiger partial charge in [-0.05, 0) is 64.2 Å². The molecule has 0 aliphatic carbocycles. The SMILES string of the molecule is CC/C=C\C/C=C\C/C=C\C/C=C\C/C=C\CC(=O)OC(COC(=O)CCCCCCC/C=C\CCCCCCC)COC1OC(CS(=O)(=O)O)C(O)C(O)C1O. The maximum Gasteiger partial charge on any atom is 0.310 e. The van der Waals surface area contributed by atoms with E-state index in [1.807, 2.05) is 18.2 Å². The number of esters is 2. The van der Waals surface area contributed by atoms with Gasteiger partial charge in [0, 0.05) is 6.42 Å². The molecule has 0 aromatic carbocycles. The van der Waals surface area contributed by atoms with Gasteiger partial charge in [-0.1, -0.05) is 132 Å². The van der Waals surface area contributed by atoms with Crippen molar-refractivity contribution in [3.63, 3.8) is 0 Å². The Bertz CT molecular complexity index is 1340.